The van der Waals surface area contributed by atoms with E-state index in [1.807, 2.05) is 0 Å². The standard InChI is InChI=1S/C17H18N2O3S/c20-17(16-10-4-5-11-18-16)19-12-6-7-14(19)13-23(21,22)15-8-2-1-3-9-15/h1-5,8-11,14H,6-7,12-13H2. The second-order valence-corrected chi connectivity index (χ2v) is 7.64. The molecular formula is C17H18N2O3S. The fraction of sp³-hybridized carbons (Fsp3) is 0.294. The summed E-state index contributed by atoms with van der Waals surface area (Å²) in [5.41, 5.74) is 0.358. The third-order valence-corrected chi connectivity index (χ3v) is 5.85. The Morgan fingerprint density at radius 1 is 1.13 bits per heavy atom. The third kappa shape index (κ3) is 3.42. The van der Waals surface area contributed by atoms with E-state index in [1.165, 1.54) is 0 Å². The molecule has 5 nitrogen and oxygen atoms in total. The topological polar surface area (TPSA) is 67.3 Å². The van der Waals surface area contributed by atoms with Crippen LogP contribution in [0.25, 0.3) is 0 Å². The van der Waals surface area contributed by atoms with Crippen LogP contribution in [0.5, 0.6) is 0 Å². The maximum Gasteiger partial charge on any atom is 0.272 e. The summed E-state index contributed by atoms with van der Waals surface area (Å²) in [5, 5.41) is 0. The van der Waals surface area contributed by atoms with Crippen LogP contribution in [0, 0.1) is 0 Å². The highest BCUT2D eigenvalue weighted by molar-refractivity contribution is 7.91. The molecule has 1 aliphatic rings. The van der Waals surface area contributed by atoms with Crippen molar-refractivity contribution < 1.29 is 13.2 Å². The van der Waals surface area contributed by atoms with Crippen LogP contribution in [-0.2, 0) is 9.84 Å². The number of amides is 1. The molecule has 23 heavy (non-hydrogen) atoms. The van der Waals surface area contributed by atoms with Crippen LogP contribution in [0.15, 0.2) is 59.6 Å². The van der Waals surface area contributed by atoms with Crippen molar-refractivity contribution in [3.8, 4) is 0 Å². The van der Waals surface area contributed by atoms with Gasteiger partial charge in [-0.25, -0.2) is 8.42 Å². The molecule has 3 rings (SSSR count). The normalized spacial score (nSPS) is 18.1. The third-order valence-electron chi connectivity index (χ3n) is 4.04. The molecule has 0 radical (unpaired) electrons. The Morgan fingerprint density at radius 2 is 1.87 bits per heavy atom. The summed E-state index contributed by atoms with van der Waals surface area (Å²) >= 11 is 0. The van der Waals surface area contributed by atoms with Gasteiger partial charge in [-0.1, -0.05) is 24.3 Å². The highest BCUT2D eigenvalue weighted by Gasteiger charge is 2.33. The second kappa shape index (κ2) is 6.50. The number of hydrogen-bond acceptors (Lipinski definition) is 4. The molecule has 0 bridgehead atoms. The number of likely N-dealkylation sites (tertiary alicyclic amines) is 1. The Balaban J connectivity index is 1.79. The Bertz CT molecular complexity index is 776. The van der Waals surface area contributed by atoms with Crippen molar-refractivity contribution in [2.75, 3.05) is 12.3 Å². The predicted molar refractivity (Wildman–Crippen MR) is 86.8 cm³/mol. The first-order chi connectivity index (χ1) is 11.1. The molecule has 1 saturated heterocycles. The number of rotatable bonds is 4. The van der Waals surface area contributed by atoms with E-state index in [9.17, 15) is 13.2 Å². The molecule has 1 aliphatic heterocycles. The maximum absolute atomic E-state index is 12.5. The van der Waals surface area contributed by atoms with E-state index >= 15 is 0 Å². The molecular weight excluding hydrogens is 312 g/mol. The lowest BCUT2D eigenvalue weighted by Crippen LogP contribution is -2.40. The van der Waals surface area contributed by atoms with Gasteiger partial charge in [-0.2, -0.15) is 0 Å². The minimum atomic E-state index is -3.41. The molecule has 0 aliphatic carbocycles. The van der Waals surface area contributed by atoms with E-state index in [0.717, 1.165) is 6.42 Å². The smallest absolute Gasteiger partial charge is 0.272 e. The molecule has 2 aromatic rings. The maximum atomic E-state index is 12.5. The molecule has 120 valence electrons. The van der Waals surface area contributed by atoms with Crippen LogP contribution >= 0.6 is 0 Å². The number of sulfone groups is 1. The van der Waals surface area contributed by atoms with Gasteiger partial charge in [0.15, 0.2) is 9.84 Å². The van der Waals surface area contributed by atoms with Gasteiger partial charge in [0.2, 0.25) is 0 Å². The quantitative estimate of drug-likeness (QED) is 0.861. The number of carbonyl (C=O) groups excluding carboxylic acids is 1. The SMILES string of the molecule is O=C(c1ccccn1)N1CCCC1CS(=O)(=O)c1ccccc1. The second-order valence-electron chi connectivity index (χ2n) is 5.60. The van der Waals surface area contributed by atoms with Crippen molar-refractivity contribution in [2.45, 2.75) is 23.8 Å². The fourth-order valence-electron chi connectivity index (χ4n) is 2.89. The minimum absolute atomic E-state index is 0.0460. The number of benzene rings is 1. The molecule has 1 unspecified atom stereocenters. The number of hydrogen-bond donors (Lipinski definition) is 0. The summed E-state index contributed by atoms with van der Waals surface area (Å²) in [6.07, 6.45) is 3.08. The summed E-state index contributed by atoms with van der Waals surface area (Å²) in [5.74, 6) is -0.244. The molecule has 0 N–H and O–H groups in total. The van der Waals surface area contributed by atoms with Gasteiger partial charge in [0.05, 0.1) is 10.6 Å². The molecule has 2 heterocycles. The van der Waals surface area contributed by atoms with Gasteiger partial charge in [0.1, 0.15) is 5.69 Å². The average Bonchev–Trinajstić information content (AvgIpc) is 3.03. The highest BCUT2D eigenvalue weighted by atomic mass is 32.2. The van der Waals surface area contributed by atoms with Gasteiger partial charge >= 0.3 is 0 Å². The van der Waals surface area contributed by atoms with E-state index in [0.29, 0.717) is 23.6 Å². The fourth-order valence-corrected chi connectivity index (χ4v) is 4.51. The van der Waals surface area contributed by atoms with Crippen LogP contribution in [-0.4, -0.2) is 42.5 Å². The molecule has 1 aromatic carbocycles. The minimum Gasteiger partial charge on any atom is -0.333 e. The summed E-state index contributed by atoms with van der Waals surface area (Å²) in [4.78, 5) is 18.6. The lowest BCUT2D eigenvalue weighted by molar-refractivity contribution is 0.0743. The van der Waals surface area contributed by atoms with Crippen LogP contribution in [0.3, 0.4) is 0 Å². The summed E-state index contributed by atoms with van der Waals surface area (Å²) in [7, 11) is -3.41. The predicted octanol–water partition coefficient (Wildman–Crippen LogP) is 2.16. The lowest BCUT2D eigenvalue weighted by atomic mass is 10.2. The van der Waals surface area contributed by atoms with Crippen LogP contribution in [0.1, 0.15) is 23.3 Å². The zero-order valence-corrected chi connectivity index (χ0v) is 13.4. The summed E-state index contributed by atoms with van der Waals surface area (Å²) in [6.45, 7) is 0.574. The first kappa shape index (κ1) is 15.7. The molecule has 1 fully saturated rings. The van der Waals surface area contributed by atoms with Gasteiger partial charge in [0.25, 0.3) is 5.91 Å². The number of nitrogens with zero attached hydrogens (tertiary/aromatic N) is 2. The van der Waals surface area contributed by atoms with E-state index < -0.39 is 9.84 Å². The van der Waals surface area contributed by atoms with E-state index in [1.54, 1.807) is 59.6 Å². The number of aromatic nitrogens is 1. The van der Waals surface area contributed by atoms with Crippen molar-refractivity contribution in [1.29, 1.82) is 0 Å². The van der Waals surface area contributed by atoms with Gasteiger partial charge in [-0.3, -0.25) is 9.78 Å². The molecule has 1 aromatic heterocycles. The van der Waals surface area contributed by atoms with E-state index in [4.69, 9.17) is 0 Å². The van der Waals surface area contributed by atoms with Crippen LogP contribution in [0.2, 0.25) is 0 Å². The summed E-state index contributed by atoms with van der Waals surface area (Å²) in [6, 6.07) is 13.2. The van der Waals surface area contributed by atoms with Gasteiger partial charge < -0.3 is 4.90 Å². The van der Waals surface area contributed by atoms with Gasteiger partial charge in [-0.15, -0.1) is 0 Å². The molecule has 6 heteroatoms. The van der Waals surface area contributed by atoms with Gasteiger partial charge in [0, 0.05) is 18.8 Å². The van der Waals surface area contributed by atoms with E-state index in [2.05, 4.69) is 4.98 Å². The van der Waals surface area contributed by atoms with Gasteiger partial charge in [-0.05, 0) is 37.1 Å². The molecule has 0 spiro atoms. The zero-order valence-electron chi connectivity index (χ0n) is 12.6. The van der Waals surface area contributed by atoms with Crippen LogP contribution in [0.4, 0.5) is 0 Å². The summed E-state index contributed by atoms with van der Waals surface area (Å²) < 4.78 is 25.1. The first-order valence-corrected chi connectivity index (χ1v) is 9.23. The monoisotopic (exact) mass is 330 g/mol. The Kier molecular flexibility index (Phi) is 4.43. The lowest BCUT2D eigenvalue weighted by Gasteiger charge is -2.24. The Morgan fingerprint density at radius 3 is 2.57 bits per heavy atom. The molecule has 1 amide bonds. The van der Waals surface area contributed by atoms with Crippen molar-refractivity contribution >= 4 is 15.7 Å². The van der Waals surface area contributed by atoms with Crippen molar-refractivity contribution in [2.24, 2.45) is 0 Å². The zero-order chi connectivity index (χ0) is 16.3. The Hall–Kier alpha value is -2.21. The molecule has 0 saturated carbocycles. The van der Waals surface area contributed by atoms with E-state index in [-0.39, 0.29) is 17.7 Å². The largest absolute Gasteiger partial charge is 0.333 e. The number of carbonyl (C=O) groups is 1. The van der Waals surface area contributed by atoms with Crippen molar-refractivity contribution in [1.82, 2.24) is 9.88 Å². The highest BCUT2D eigenvalue weighted by Crippen LogP contribution is 2.23. The Labute approximate surface area is 135 Å². The van der Waals surface area contributed by atoms with Crippen molar-refractivity contribution in [3.63, 3.8) is 0 Å². The van der Waals surface area contributed by atoms with Crippen molar-refractivity contribution in [3.05, 3.63) is 60.4 Å². The molecule has 1 atom stereocenters. The number of pyridine rings is 1. The average molecular weight is 330 g/mol. The van der Waals surface area contributed by atoms with Crippen LogP contribution < -0.4 is 0 Å². The first-order valence-electron chi connectivity index (χ1n) is 7.58.